The zero-order chi connectivity index (χ0) is 23.3. The number of hydrogen-bond donors (Lipinski definition) is 2. The van der Waals surface area contributed by atoms with E-state index < -0.39 is 8.07 Å². The predicted octanol–water partition coefficient (Wildman–Crippen LogP) is 4.94. The molecule has 0 spiro atoms. The molecule has 0 radical (unpaired) electrons. The van der Waals surface area contributed by atoms with Crippen molar-refractivity contribution in [3.63, 3.8) is 0 Å². The fourth-order valence-corrected chi connectivity index (χ4v) is 4.47. The number of amides is 2. The minimum absolute atomic E-state index is 0.347. The number of halogens is 1. The molecule has 162 valence electrons. The molecule has 1 heterocycles. The second-order valence-electron chi connectivity index (χ2n) is 8.29. The molecular formula is C24H23IN4O2Si. The van der Waals surface area contributed by atoms with Gasteiger partial charge < -0.3 is 10.6 Å². The maximum Gasteiger partial charge on any atom is 0.258 e. The number of nitriles is 1. The first-order valence-electron chi connectivity index (χ1n) is 9.99. The van der Waals surface area contributed by atoms with Crippen molar-refractivity contribution in [3.8, 4) is 6.07 Å². The monoisotopic (exact) mass is 554 g/mol. The van der Waals surface area contributed by atoms with E-state index in [9.17, 15) is 9.59 Å². The lowest BCUT2D eigenvalue weighted by Crippen LogP contribution is -2.37. The molecule has 0 aliphatic rings. The Kier molecular flexibility index (Phi) is 7.43. The number of anilines is 2. The van der Waals surface area contributed by atoms with E-state index in [1.54, 1.807) is 36.4 Å². The van der Waals surface area contributed by atoms with Crippen LogP contribution in [-0.2, 0) is 4.43 Å². The first-order valence-corrected chi connectivity index (χ1v) is 15.0. The van der Waals surface area contributed by atoms with E-state index >= 15 is 0 Å². The van der Waals surface area contributed by atoms with Crippen molar-refractivity contribution < 1.29 is 9.59 Å². The van der Waals surface area contributed by atoms with Crippen LogP contribution in [0, 0.1) is 11.3 Å². The minimum Gasteiger partial charge on any atom is -0.321 e. The average molecular weight is 554 g/mol. The van der Waals surface area contributed by atoms with Crippen LogP contribution in [0.1, 0.15) is 31.8 Å². The number of hydrogen-bond acceptors (Lipinski definition) is 4. The molecule has 0 aliphatic heterocycles. The summed E-state index contributed by atoms with van der Waals surface area (Å²) >= 11 is 2.23. The summed E-state index contributed by atoms with van der Waals surface area (Å²) in [6.07, 6.45) is 1.82. The van der Waals surface area contributed by atoms with Gasteiger partial charge in [0, 0.05) is 16.2 Å². The third-order valence-electron chi connectivity index (χ3n) is 4.88. The maximum absolute atomic E-state index is 13.1. The quantitative estimate of drug-likeness (QED) is 0.257. The lowest BCUT2D eigenvalue weighted by atomic mass is 10.1. The molecule has 32 heavy (non-hydrogen) atoms. The van der Waals surface area contributed by atoms with Gasteiger partial charge in [0.15, 0.2) is 0 Å². The number of carbonyl (C=O) groups excluding carboxylic acids is 2. The summed E-state index contributed by atoms with van der Waals surface area (Å²) in [7, 11) is -1.48. The summed E-state index contributed by atoms with van der Waals surface area (Å²) in [6.45, 7) is 6.71. The van der Waals surface area contributed by atoms with Crippen molar-refractivity contribution in [3.05, 3.63) is 83.0 Å². The maximum atomic E-state index is 13.1. The van der Waals surface area contributed by atoms with Crippen LogP contribution in [0.2, 0.25) is 19.6 Å². The summed E-state index contributed by atoms with van der Waals surface area (Å²) in [5.74, 6) is -0.246. The van der Waals surface area contributed by atoms with Crippen molar-refractivity contribution in [2.24, 2.45) is 0 Å². The number of pyridine rings is 1. The van der Waals surface area contributed by atoms with Gasteiger partial charge in [0.2, 0.25) is 0 Å². The Hall–Kier alpha value is -3.03. The molecule has 0 saturated heterocycles. The SMILES string of the molecule is C[Si](C)(C)c1ccc(NC(=O)c2cc(CI)ccc2NC(=O)c2ccc(C#N)cc2)nc1. The van der Waals surface area contributed by atoms with Gasteiger partial charge in [-0.2, -0.15) is 5.26 Å². The van der Waals surface area contributed by atoms with Gasteiger partial charge >= 0.3 is 0 Å². The van der Waals surface area contributed by atoms with Crippen molar-refractivity contribution in [2.45, 2.75) is 24.1 Å². The molecule has 8 heteroatoms. The molecular weight excluding hydrogens is 531 g/mol. The fourth-order valence-electron chi connectivity index (χ4n) is 2.96. The number of carbonyl (C=O) groups is 2. The number of nitrogens with one attached hydrogen (secondary N) is 2. The summed E-state index contributed by atoms with van der Waals surface area (Å²) < 4.78 is 0.727. The summed E-state index contributed by atoms with van der Waals surface area (Å²) in [6, 6.07) is 17.5. The highest BCUT2D eigenvalue weighted by molar-refractivity contribution is 14.1. The summed E-state index contributed by atoms with van der Waals surface area (Å²) in [5.41, 5.74) is 2.60. The lowest BCUT2D eigenvalue weighted by Gasteiger charge is -2.16. The third kappa shape index (κ3) is 5.81. The highest BCUT2D eigenvalue weighted by atomic mass is 127. The molecule has 2 N–H and O–H groups in total. The first-order chi connectivity index (χ1) is 15.2. The standard InChI is InChI=1S/C24H23IN4O2Si/c1-32(2,3)19-9-11-22(27-15-19)29-24(31)20-12-17(13-25)6-10-21(20)28-23(30)18-7-4-16(14-26)5-8-18/h4-12,15H,13H2,1-3H3,(H,28,30)(H,27,29,31). The molecule has 0 saturated carbocycles. The van der Waals surface area contributed by atoms with Crippen LogP contribution in [0.3, 0.4) is 0 Å². The fraction of sp³-hybridized carbons (Fsp3) is 0.167. The molecule has 2 aromatic carbocycles. The Labute approximate surface area is 202 Å². The molecule has 1 aromatic heterocycles. The van der Waals surface area contributed by atoms with Crippen molar-refractivity contribution in [1.29, 1.82) is 5.26 Å². The van der Waals surface area contributed by atoms with Gasteiger partial charge in [0.05, 0.1) is 31.0 Å². The predicted molar refractivity (Wildman–Crippen MR) is 138 cm³/mol. The van der Waals surface area contributed by atoms with Crippen LogP contribution < -0.4 is 15.8 Å². The van der Waals surface area contributed by atoms with Crippen LogP contribution in [0.4, 0.5) is 11.5 Å². The zero-order valence-corrected chi connectivity index (χ0v) is 21.2. The number of aromatic nitrogens is 1. The second-order valence-corrected chi connectivity index (χ2v) is 14.1. The van der Waals surface area contributed by atoms with Crippen molar-refractivity contribution in [1.82, 2.24) is 4.98 Å². The summed E-state index contributed by atoms with van der Waals surface area (Å²) in [5, 5.41) is 15.8. The van der Waals surface area contributed by atoms with E-state index in [-0.39, 0.29) is 11.8 Å². The second kappa shape index (κ2) is 10.1. The van der Waals surface area contributed by atoms with E-state index in [2.05, 4.69) is 57.8 Å². The van der Waals surface area contributed by atoms with E-state index in [0.717, 1.165) is 9.99 Å². The number of nitrogens with zero attached hydrogens (tertiary/aromatic N) is 2. The minimum atomic E-state index is -1.48. The normalized spacial score (nSPS) is 10.8. The van der Waals surface area contributed by atoms with Gasteiger partial charge in [-0.15, -0.1) is 0 Å². The van der Waals surface area contributed by atoms with E-state index in [0.29, 0.717) is 28.2 Å². The van der Waals surface area contributed by atoms with Gasteiger partial charge in [-0.25, -0.2) is 4.98 Å². The highest BCUT2D eigenvalue weighted by Gasteiger charge is 2.18. The van der Waals surface area contributed by atoms with E-state index in [1.165, 1.54) is 5.19 Å². The average Bonchev–Trinajstić information content (AvgIpc) is 2.79. The van der Waals surface area contributed by atoms with Gasteiger partial charge in [-0.05, 0) is 53.2 Å². The molecule has 2 amide bonds. The molecule has 0 bridgehead atoms. The van der Waals surface area contributed by atoms with Crippen LogP contribution in [0.5, 0.6) is 0 Å². The molecule has 6 nitrogen and oxygen atoms in total. The molecule has 0 aliphatic carbocycles. The third-order valence-corrected chi connectivity index (χ3v) is 7.79. The van der Waals surface area contributed by atoms with Crippen LogP contribution in [-0.4, -0.2) is 24.9 Å². The Balaban J connectivity index is 1.84. The number of rotatable bonds is 6. The molecule has 3 rings (SSSR count). The lowest BCUT2D eigenvalue weighted by molar-refractivity contribution is 0.102. The largest absolute Gasteiger partial charge is 0.321 e. The highest BCUT2D eigenvalue weighted by Crippen LogP contribution is 2.22. The van der Waals surface area contributed by atoms with Crippen LogP contribution >= 0.6 is 22.6 Å². The van der Waals surface area contributed by atoms with Gasteiger partial charge in [-0.1, -0.05) is 54.4 Å². The first kappa shape index (κ1) is 23.6. The Bertz CT molecular complexity index is 1180. The van der Waals surface area contributed by atoms with Crippen LogP contribution in [0.25, 0.3) is 0 Å². The smallest absolute Gasteiger partial charge is 0.258 e. The van der Waals surface area contributed by atoms with Gasteiger partial charge in [0.1, 0.15) is 5.82 Å². The van der Waals surface area contributed by atoms with Crippen molar-refractivity contribution in [2.75, 3.05) is 10.6 Å². The Morgan fingerprint density at radius 1 is 1.00 bits per heavy atom. The molecule has 0 fully saturated rings. The van der Waals surface area contributed by atoms with Gasteiger partial charge in [-0.3, -0.25) is 9.59 Å². The summed E-state index contributed by atoms with van der Waals surface area (Å²) in [4.78, 5) is 30.1. The number of benzene rings is 2. The van der Waals surface area contributed by atoms with Crippen LogP contribution in [0.15, 0.2) is 60.8 Å². The molecule has 0 unspecified atom stereocenters. The number of alkyl halides is 1. The topological polar surface area (TPSA) is 94.9 Å². The van der Waals surface area contributed by atoms with E-state index in [4.69, 9.17) is 5.26 Å². The van der Waals surface area contributed by atoms with Gasteiger partial charge in [0.25, 0.3) is 11.8 Å². The Morgan fingerprint density at radius 2 is 1.72 bits per heavy atom. The molecule has 0 atom stereocenters. The zero-order valence-electron chi connectivity index (χ0n) is 18.1. The van der Waals surface area contributed by atoms with Crippen molar-refractivity contribution >= 4 is 59.2 Å². The Morgan fingerprint density at radius 3 is 2.28 bits per heavy atom. The molecule has 3 aromatic rings. The van der Waals surface area contributed by atoms with E-state index in [1.807, 2.05) is 30.5 Å².